The van der Waals surface area contributed by atoms with Gasteiger partial charge in [0.25, 0.3) is 0 Å². The van der Waals surface area contributed by atoms with Gasteiger partial charge in [-0.25, -0.2) is 0 Å². The van der Waals surface area contributed by atoms with Gasteiger partial charge in [0.2, 0.25) is 0 Å². The lowest BCUT2D eigenvalue weighted by Gasteiger charge is -2.52. The minimum atomic E-state index is 0.304. The van der Waals surface area contributed by atoms with Crippen LogP contribution in [0.3, 0.4) is 0 Å². The first kappa shape index (κ1) is 17.5. The van der Waals surface area contributed by atoms with Crippen molar-refractivity contribution < 1.29 is 0 Å². The molecule has 2 rings (SSSR count). The zero-order valence-electron chi connectivity index (χ0n) is 14.0. The Morgan fingerprint density at radius 1 is 1.38 bits per heavy atom. The van der Waals surface area contributed by atoms with Crippen LogP contribution in [0.4, 0.5) is 0 Å². The third-order valence-corrected chi connectivity index (χ3v) is 6.76. The van der Waals surface area contributed by atoms with Crippen LogP contribution in [-0.4, -0.2) is 29.6 Å². The Kier molecular flexibility index (Phi) is 5.56. The largest absolute Gasteiger partial charge is 0.310 e. The smallest absolute Gasteiger partial charge is 0.0335 e. The lowest BCUT2D eigenvalue weighted by molar-refractivity contribution is 0.00215. The molecule has 1 unspecified atom stereocenters. The van der Waals surface area contributed by atoms with Crippen LogP contribution in [0, 0.1) is 5.41 Å². The number of piperazine rings is 1. The Balaban J connectivity index is 2.20. The molecule has 0 saturated carbocycles. The van der Waals surface area contributed by atoms with E-state index in [1.165, 1.54) is 22.2 Å². The highest BCUT2D eigenvalue weighted by Crippen LogP contribution is 2.34. The molecule has 1 atom stereocenters. The van der Waals surface area contributed by atoms with Crippen LogP contribution in [0.25, 0.3) is 0 Å². The first-order valence-electron chi connectivity index (χ1n) is 8.02. The maximum Gasteiger partial charge on any atom is 0.0335 e. The second-order valence-corrected chi connectivity index (χ2v) is 9.25. The summed E-state index contributed by atoms with van der Waals surface area (Å²) in [5.41, 5.74) is 0.611. The van der Waals surface area contributed by atoms with Crippen molar-refractivity contribution in [1.82, 2.24) is 10.2 Å². The maximum absolute atomic E-state index is 3.83. The van der Waals surface area contributed by atoms with Gasteiger partial charge in [-0.1, -0.05) is 34.6 Å². The Bertz CT molecular complexity index is 460. The Morgan fingerprint density at radius 2 is 2.05 bits per heavy atom. The molecule has 0 aliphatic carbocycles. The third kappa shape index (κ3) is 3.90. The SMILES string of the molecule is CCC1(CC)CNC(C(C)(C)C)CN1Cc1cc(Br)cs1. The van der Waals surface area contributed by atoms with Gasteiger partial charge in [-0.2, -0.15) is 0 Å². The van der Waals surface area contributed by atoms with Crippen molar-refractivity contribution in [1.29, 1.82) is 0 Å². The van der Waals surface area contributed by atoms with E-state index in [4.69, 9.17) is 0 Å². The summed E-state index contributed by atoms with van der Waals surface area (Å²) in [4.78, 5) is 4.19. The molecule has 1 aromatic rings. The number of rotatable bonds is 4. The number of hydrogen-bond acceptors (Lipinski definition) is 3. The lowest BCUT2D eigenvalue weighted by atomic mass is 9.80. The van der Waals surface area contributed by atoms with Crippen LogP contribution < -0.4 is 5.32 Å². The van der Waals surface area contributed by atoms with E-state index in [-0.39, 0.29) is 0 Å². The quantitative estimate of drug-likeness (QED) is 0.808. The molecule has 0 spiro atoms. The standard InChI is InChI=1S/C17H29BrN2S/c1-6-17(7-2)12-19-15(16(3,4)5)10-20(17)9-14-8-13(18)11-21-14/h8,11,15,19H,6-7,9-10,12H2,1-5H3. The summed E-state index contributed by atoms with van der Waals surface area (Å²) in [6, 6.07) is 2.83. The van der Waals surface area contributed by atoms with E-state index in [1.807, 2.05) is 11.3 Å². The molecule has 0 amide bonds. The number of nitrogens with one attached hydrogen (secondary N) is 1. The second kappa shape index (κ2) is 6.69. The average Bonchev–Trinajstić information content (AvgIpc) is 2.83. The van der Waals surface area contributed by atoms with Crippen molar-refractivity contribution in [2.45, 2.75) is 65.6 Å². The molecular formula is C17H29BrN2S. The zero-order chi connectivity index (χ0) is 15.7. The van der Waals surface area contributed by atoms with Gasteiger partial charge < -0.3 is 5.32 Å². The van der Waals surface area contributed by atoms with Crippen LogP contribution in [0.1, 0.15) is 52.3 Å². The molecular weight excluding hydrogens is 344 g/mol. The molecule has 0 aromatic carbocycles. The van der Waals surface area contributed by atoms with E-state index in [0.29, 0.717) is 17.0 Å². The highest BCUT2D eigenvalue weighted by atomic mass is 79.9. The minimum absolute atomic E-state index is 0.304. The summed E-state index contributed by atoms with van der Waals surface area (Å²) < 4.78 is 1.21. The molecule has 4 heteroatoms. The molecule has 21 heavy (non-hydrogen) atoms. The van der Waals surface area contributed by atoms with E-state index in [2.05, 4.69) is 72.2 Å². The highest BCUT2D eigenvalue weighted by Gasteiger charge is 2.41. The van der Waals surface area contributed by atoms with Gasteiger partial charge in [0.05, 0.1) is 0 Å². The van der Waals surface area contributed by atoms with Crippen molar-refractivity contribution in [2.24, 2.45) is 5.41 Å². The van der Waals surface area contributed by atoms with E-state index in [1.54, 1.807) is 0 Å². The predicted octanol–water partition coefficient (Wildman–Crippen LogP) is 4.89. The fourth-order valence-corrected chi connectivity index (χ4v) is 4.75. The Labute approximate surface area is 142 Å². The molecule has 1 aliphatic heterocycles. The summed E-state index contributed by atoms with van der Waals surface area (Å²) in [5, 5.41) is 6.02. The number of halogens is 1. The van der Waals surface area contributed by atoms with E-state index >= 15 is 0 Å². The summed E-state index contributed by atoms with van der Waals surface area (Å²) in [6.07, 6.45) is 2.42. The lowest BCUT2D eigenvalue weighted by Crippen LogP contribution is -2.66. The second-order valence-electron chi connectivity index (χ2n) is 7.34. The summed E-state index contributed by atoms with van der Waals surface area (Å²) in [6.45, 7) is 15.0. The van der Waals surface area contributed by atoms with Crippen molar-refractivity contribution in [2.75, 3.05) is 13.1 Å². The van der Waals surface area contributed by atoms with Gasteiger partial charge in [-0.15, -0.1) is 11.3 Å². The van der Waals surface area contributed by atoms with Gasteiger partial charge >= 0.3 is 0 Å². The zero-order valence-corrected chi connectivity index (χ0v) is 16.4. The minimum Gasteiger partial charge on any atom is -0.310 e. The van der Waals surface area contributed by atoms with E-state index in [9.17, 15) is 0 Å². The first-order chi connectivity index (χ1) is 9.80. The molecule has 120 valence electrons. The fourth-order valence-electron chi connectivity index (χ4n) is 3.29. The maximum atomic E-state index is 3.83. The molecule has 2 nitrogen and oxygen atoms in total. The monoisotopic (exact) mass is 372 g/mol. The highest BCUT2D eigenvalue weighted by molar-refractivity contribution is 9.10. The van der Waals surface area contributed by atoms with Crippen molar-refractivity contribution in [3.63, 3.8) is 0 Å². The molecule has 1 fully saturated rings. The molecule has 0 radical (unpaired) electrons. The predicted molar refractivity (Wildman–Crippen MR) is 97.0 cm³/mol. The van der Waals surface area contributed by atoms with Gasteiger partial charge in [0, 0.05) is 45.9 Å². The first-order valence-corrected chi connectivity index (χ1v) is 9.69. The normalized spacial score (nSPS) is 23.4. The van der Waals surface area contributed by atoms with Gasteiger partial charge in [0.1, 0.15) is 0 Å². The number of thiophene rings is 1. The van der Waals surface area contributed by atoms with Crippen LogP contribution in [-0.2, 0) is 6.54 Å². The average molecular weight is 373 g/mol. The van der Waals surface area contributed by atoms with Crippen LogP contribution in [0.15, 0.2) is 15.9 Å². The summed E-state index contributed by atoms with van der Waals surface area (Å²) in [7, 11) is 0. The van der Waals surface area contributed by atoms with Crippen molar-refractivity contribution in [3.8, 4) is 0 Å². The number of hydrogen-bond donors (Lipinski definition) is 1. The van der Waals surface area contributed by atoms with Gasteiger partial charge in [0.15, 0.2) is 0 Å². The summed E-state index contributed by atoms with van der Waals surface area (Å²) in [5.74, 6) is 0. The van der Waals surface area contributed by atoms with E-state index < -0.39 is 0 Å². The molecule has 0 bridgehead atoms. The molecule has 1 aromatic heterocycles. The van der Waals surface area contributed by atoms with Crippen LogP contribution in [0.2, 0.25) is 0 Å². The van der Waals surface area contributed by atoms with Crippen molar-refractivity contribution in [3.05, 3.63) is 20.8 Å². The number of nitrogens with zero attached hydrogens (tertiary/aromatic N) is 1. The molecule has 1 saturated heterocycles. The van der Waals surface area contributed by atoms with Crippen molar-refractivity contribution >= 4 is 27.3 Å². The van der Waals surface area contributed by atoms with Gasteiger partial charge in [-0.05, 0) is 40.3 Å². The van der Waals surface area contributed by atoms with Crippen LogP contribution in [0.5, 0.6) is 0 Å². The molecule has 1 aliphatic rings. The van der Waals surface area contributed by atoms with Crippen LogP contribution >= 0.6 is 27.3 Å². The molecule has 1 N–H and O–H groups in total. The van der Waals surface area contributed by atoms with E-state index in [0.717, 1.165) is 19.6 Å². The fraction of sp³-hybridized carbons (Fsp3) is 0.765. The Morgan fingerprint density at radius 3 is 2.52 bits per heavy atom. The Hall–Kier alpha value is 0.1000. The molecule has 2 heterocycles. The third-order valence-electron chi connectivity index (χ3n) is 5.08. The topological polar surface area (TPSA) is 15.3 Å². The summed E-state index contributed by atoms with van der Waals surface area (Å²) >= 11 is 5.45. The van der Waals surface area contributed by atoms with Gasteiger partial charge in [-0.3, -0.25) is 4.90 Å².